The molecule has 3 N–H and O–H groups in total. The molecule has 1 fully saturated rings. The van der Waals surface area contributed by atoms with Gasteiger partial charge >= 0.3 is 0 Å². The Morgan fingerprint density at radius 1 is 1.12 bits per heavy atom. The Bertz CT molecular complexity index is 1390. The smallest absolute Gasteiger partial charge is 0.254 e. The molecule has 4 aromatic rings. The number of imidazole rings is 1. The van der Waals surface area contributed by atoms with E-state index in [1.807, 2.05) is 54.0 Å². The number of amides is 1. The highest BCUT2D eigenvalue weighted by molar-refractivity contribution is 6.05. The molecule has 0 bridgehead atoms. The second kappa shape index (κ2) is 8.11. The number of hydrogen-bond donors (Lipinski definition) is 3. The van der Waals surface area contributed by atoms with Gasteiger partial charge in [0.25, 0.3) is 5.91 Å². The van der Waals surface area contributed by atoms with Crippen molar-refractivity contribution in [2.75, 3.05) is 23.3 Å². The number of carbonyl (C=O) groups is 1. The van der Waals surface area contributed by atoms with Crippen LogP contribution in [-0.4, -0.2) is 49.6 Å². The van der Waals surface area contributed by atoms with E-state index in [2.05, 4.69) is 25.5 Å². The maximum Gasteiger partial charge on any atom is 0.254 e. The molecular weight excluding hydrogens is 430 g/mol. The number of piperidine rings is 1. The number of anilines is 3. The lowest BCUT2D eigenvalue weighted by Gasteiger charge is -2.31. The van der Waals surface area contributed by atoms with Crippen LogP contribution in [-0.2, 0) is 6.54 Å². The number of aliphatic hydroxyl groups is 1. The summed E-state index contributed by atoms with van der Waals surface area (Å²) in [6.07, 6.45) is 6.81. The zero-order valence-electron chi connectivity index (χ0n) is 18.8. The minimum absolute atomic E-state index is 0.129. The van der Waals surface area contributed by atoms with Gasteiger partial charge in [-0.15, -0.1) is 0 Å². The van der Waals surface area contributed by atoms with Gasteiger partial charge in [-0.25, -0.2) is 9.97 Å². The summed E-state index contributed by atoms with van der Waals surface area (Å²) in [6.45, 7) is 4.01. The number of carbonyl (C=O) groups excluding carboxylic acids is 1. The van der Waals surface area contributed by atoms with E-state index in [1.165, 1.54) is 0 Å². The van der Waals surface area contributed by atoms with Crippen molar-refractivity contribution in [3.8, 4) is 11.4 Å². The minimum Gasteiger partial charge on any atom is -0.393 e. The van der Waals surface area contributed by atoms with E-state index in [4.69, 9.17) is 4.98 Å². The van der Waals surface area contributed by atoms with Crippen molar-refractivity contribution < 1.29 is 9.90 Å². The number of aliphatic hydroxyl groups excluding tert-OH is 1. The van der Waals surface area contributed by atoms with E-state index in [9.17, 15) is 9.90 Å². The van der Waals surface area contributed by atoms with E-state index >= 15 is 0 Å². The van der Waals surface area contributed by atoms with Crippen molar-refractivity contribution >= 4 is 28.7 Å². The lowest BCUT2D eigenvalue weighted by atomic mass is 10.0. The Hall–Kier alpha value is -3.98. The molecule has 0 aliphatic carbocycles. The third kappa shape index (κ3) is 3.45. The number of aromatic nitrogens is 4. The van der Waals surface area contributed by atoms with Crippen LogP contribution in [0.2, 0.25) is 0 Å². The molecule has 9 nitrogen and oxygen atoms in total. The second-order valence-corrected chi connectivity index (χ2v) is 8.78. The number of aryl methyl sites for hydroxylation is 1. The highest BCUT2D eigenvalue weighted by atomic mass is 16.3. The molecule has 0 radical (unpaired) electrons. The van der Waals surface area contributed by atoms with E-state index < -0.39 is 0 Å². The van der Waals surface area contributed by atoms with Crippen LogP contribution in [0.4, 0.5) is 17.2 Å². The normalized spacial score (nSPS) is 16.1. The first-order valence-corrected chi connectivity index (χ1v) is 11.5. The van der Waals surface area contributed by atoms with Gasteiger partial charge in [0.05, 0.1) is 52.5 Å². The van der Waals surface area contributed by atoms with E-state index in [0.717, 1.165) is 59.9 Å². The number of nitrogens with one attached hydrogen (secondary N) is 2. The third-order valence-electron chi connectivity index (χ3n) is 6.60. The van der Waals surface area contributed by atoms with Crippen molar-refractivity contribution in [1.82, 2.24) is 24.7 Å². The number of nitrogens with zero attached hydrogens (tertiary/aromatic N) is 5. The highest BCUT2D eigenvalue weighted by Crippen LogP contribution is 2.35. The monoisotopic (exact) mass is 455 g/mol. The average molecular weight is 456 g/mol. The fraction of sp³-hybridized carbons (Fsp3) is 0.280. The fourth-order valence-electron chi connectivity index (χ4n) is 4.85. The second-order valence-electron chi connectivity index (χ2n) is 8.78. The predicted molar refractivity (Wildman–Crippen MR) is 129 cm³/mol. The fourth-order valence-corrected chi connectivity index (χ4v) is 4.85. The molecule has 2 aliphatic heterocycles. The average Bonchev–Trinajstić information content (AvgIpc) is 3.40. The maximum atomic E-state index is 12.8. The van der Waals surface area contributed by atoms with E-state index in [-0.39, 0.29) is 12.0 Å². The number of fused-ring (bicyclic) bond motifs is 2. The largest absolute Gasteiger partial charge is 0.393 e. The quantitative estimate of drug-likeness (QED) is 0.434. The minimum atomic E-state index is -0.210. The van der Waals surface area contributed by atoms with Gasteiger partial charge in [-0.05, 0) is 44.0 Å². The van der Waals surface area contributed by atoms with Gasteiger partial charge in [0.2, 0.25) is 0 Å². The molecule has 34 heavy (non-hydrogen) atoms. The van der Waals surface area contributed by atoms with Crippen LogP contribution >= 0.6 is 0 Å². The summed E-state index contributed by atoms with van der Waals surface area (Å²) in [7, 11) is 0. The molecule has 2 aliphatic rings. The molecule has 1 amide bonds. The third-order valence-corrected chi connectivity index (χ3v) is 6.60. The Kier molecular flexibility index (Phi) is 4.91. The van der Waals surface area contributed by atoms with Gasteiger partial charge in [-0.1, -0.05) is 6.07 Å². The molecule has 4 aromatic heterocycles. The van der Waals surface area contributed by atoms with Gasteiger partial charge < -0.3 is 20.6 Å². The van der Waals surface area contributed by atoms with Crippen LogP contribution in [0.1, 0.15) is 34.5 Å². The first-order chi connectivity index (χ1) is 16.6. The topological polar surface area (TPSA) is 108 Å². The number of pyridine rings is 3. The van der Waals surface area contributed by atoms with Gasteiger partial charge in [0.1, 0.15) is 11.5 Å². The molecule has 6 heterocycles. The van der Waals surface area contributed by atoms with Crippen molar-refractivity contribution in [3.05, 3.63) is 65.7 Å². The van der Waals surface area contributed by atoms with Crippen LogP contribution in [0.3, 0.4) is 0 Å². The van der Waals surface area contributed by atoms with Gasteiger partial charge in [0.15, 0.2) is 0 Å². The summed E-state index contributed by atoms with van der Waals surface area (Å²) in [4.78, 5) is 29.0. The molecule has 1 saturated heterocycles. The SMILES string of the molecule is Cc1nc2ccccn2c1-c1ncc(Nc2ccc(N3CCC(O)CC3)cn2)c2c1CNC2=O. The Morgan fingerprint density at radius 3 is 2.76 bits per heavy atom. The van der Waals surface area contributed by atoms with Crippen LogP contribution in [0.15, 0.2) is 48.9 Å². The summed E-state index contributed by atoms with van der Waals surface area (Å²) in [5.74, 6) is 0.513. The van der Waals surface area contributed by atoms with Crippen LogP contribution in [0, 0.1) is 6.92 Å². The first kappa shape index (κ1) is 20.6. The van der Waals surface area contributed by atoms with Gasteiger partial charge in [-0.3, -0.25) is 14.2 Å². The van der Waals surface area contributed by atoms with Crippen LogP contribution < -0.4 is 15.5 Å². The lowest BCUT2D eigenvalue weighted by molar-refractivity contribution is 0.0966. The molecule has 0 spiro atoms. The molecule has 0 atom stereocenters. The lowest BCUT2D eigenvalue weighted by Crippen LogP contribution is -2.35. The Morgan fingerprint density at radius 2 is 1.97 bits per heavy atom. The molecule has 0 unspecified atom stereocenters. The Balaban J connectivity index is 1.33. The summed E-state index contributed by atoms with van der Waals surface area (Å²) in [6, 6.07) is 9.78. The summed E-state index contributed by atoms with van der Waals surface area (Å²) in [5.41, 5.74) is 6.45. The maximum absolute atomic E-state index is 12.8. The zero-order chi connectivity index (χ0) is 23.2. The molecule has 9 heteroatoms. The standard InChI is InChI=1S/C25H25N7O2/c1-15-24(32-9-3-2-4-21(32)29-15)23-18-13-28-25(34)22(18)19(14-27-23)30-20-6-5-16(12-26-20)31-10-7-17(33)8-11-31/h2-6,9,12,14,17,33H,7-8,10-11,13H2,1H3,(H,26,30)(H,28,34). The first-order valence-electron chi connectivity index (χ1n) is 11.5. The van der Waals surface area contributed by atoms with Crippen molar-refractivity contribution in [2.45, 2.75) is 32.4 Å². The van der Waals surface area contributed by atoms with Crippen LogP contribution in [0.5, 0.6) is 0 Å². The van der Waals surface area contributed by atoms with E-state index in [0.29, 0.717) is 23.6 Å². The summed E-state index contributed by atoms with van der Waals surface area (Å²) in [5, 5.41) is 16.0. The molecule has 0 aromatic carbocycles. The van der Waals surface area contributed by atoms with Crippen molar-refractivity contribution in [3.63, 3.8) is 0 Å². The molecule has 6 rings (SSSR count). The highest BCUT2D eigenvalue weighted by Gasteiger charge is 2.29. The van der Waals surface area contributed by atoms with Gasteiger partial charge in [0, 0.05) is 31.4 Å². The Labute approximate surface area is 196 Å². The van der Waals surface area contributed by atoms with E-state index in [1.54, 1.807) is 6.20 Å². The zero-order valence-corrected chi connectivity index (χ0v) is 18.8. The number of hydrogen-bond acceptors (Lipinski definition) is 7. The molecule has 172 valence electrons. The van der Waals surface area contributed by atoms with Crippen LogP contribution in [0.25, 0.3) is 17.0 Å². The predicted octanol–water partition coefficient (Wildman–Crippen LogP) is 3.05. The summed E-state index contributed by atoms with van der Waals surface area (Å²) < 4.78 is 2.01. The van der Waals surface area contributed by atoms with Crippen molar-refractivity contribution in [2.24, 2.45) is 0 Å². The summed E-state index contributed by atoms with van der Waals surface area (Å²) >= 11 is 0. The molecule has 0 saturated carbocycles. The molecular formula is C25H25N7O2. The van der Waals surface area contributed by atoms with Gasteiger partial charge in [-0.2, -0.15) is 0 Å². The van der Waals surface area contributed by atoms with Crippen molar-refractivity contribution in [1.29, 1.82) is 0 Å². The number of rotatable bonds is 4.